The molecule has 9 aromatic rings. The summed E-state index contributed by atoms with van der Waals surface area (Å²) in [5.41, 5.74) is 1.30. The molecule has 0 aliphatic rings. The fourth-order valence-corrected chi connectivity index (χ4v) is 5.72. The Morgan fingerprint density at radius 1 is 0.388 bits per heavy atom. The minimum atomic E-state index is -0.776. The van der Waals surface area contributed by atoms with Gasteiger partial charge in [-0.1, -0.05) is 145 Å². The van der Waals surface area contributed by atoms with E-state index in [1.165, 1.54) is 0 Å². The van der Waals surface area contributed by atoms with E-state index in [0.717, 1.165) is 16.5 Å². The van der Waals surface area contributed by atoms with Crippen LogP contribution in [0.4, 0.5) is 0 Å². The van der Waals surface area contributed by atoms with Crippen LogP contribution in [-0.2, 0) is 0 Å². The van der Waals surface area contributed by atoms with Gasteiger partial charge in [-0.15, -0.1) is 0 Å². The van der Waals surface area contributed by atoms with Crippen LogP contribution in [0.3, 0.4) is 0 Å². The number of hydrogen-bond donors (Lipinski definition) is 0. The predicted molar refractivity (Wildman–Crippen MR) is 200 cm³/mol. The quantitative estimate of drug-likeness (QED) is 0.181. The number of furan rings is 1. The normalized spacial score (nSPS) is 15.0. The second-order valence-electron chi connectivity index (χ2n) is 11.0. The van der Waals surface area contributed by atoms with E-state index in [-0.39, 0.29) is 17.5 Å². The third-order valence-electron chi connectivity index (χ3n) is 8.00. The molecule has 0 unspecified atom stereocenters. The SMILES string of the molecule is [2H]c1c([2H])c([2H])c(-c2c([2H])c(-c3nc(-c4ccc(-c5ccccc5)cc4)nc(-c4cccc5oc6ccccc6c45)n3)c([2H])c(-c3c([2H])c([2H])c([2H])c([2H])c3[2H])c2[2H])c([2H])c1[2H]. The maximum atomic E-state index is 9.67. The lowest BCUT2D eigenvalue weighted by Gasteiger charge is -2.13. The number of benzene rings is 7. The van der Waals surface area contributed by atoms with E-state index >= 15 is 0 Å². The summed E-state index contributed by atoms with van der Waals surface area (Å²) in [6.45, 7) is 0. The first-order valence-electron chi connectivity index (χ1n) is 21.8. The van der Waals surface area contributed by atoms with Crippen molar-refractivity contribution in [2.24, 2.45) is 0 Å². The molecule has 0 aliphatic heterocycles. The molecule has 0 amide bonds. The van der Waals surface area contributed by atoms with Gasteiger partial charge in [0.1, 0.15) is 11.2 Å². The summed E-state index contributed by atoms with van der Waals surface area (Å²) >= 11 is 0. The number of nitrogens with zero attached hydrogens (tertiary/aromatic N) is 3. The lowest BCUT2D eigenvalue weighted by Crippen LogP contribution is -2.01. The fraction of sp³-hybridized carbons (Fsp3) is 0. The van der Waals surface area contributed by atoms with Gasteiger partial charge in [-0.05, 0) is 63.6 Å². The van der Waals surface area contributed by atoms with Crippen molar-refractivity contribution >= 4 is 21.9 Å². The summed E-state index contributed by atoms with van der Waals surface area (Å²) in [5.74, 6) is -0.132. The van der Waals surface area contributed by atoms with Gasteiger partial charge in [-0.2, -0.15) is 0 Å². The van der Waals surface area contributed by atoms with E-state index in [2.05, 4.69) is 0 Å². The molecule has 0 aliphatic carbocycles. The molecule has 0 N–H and O–H groups in total. The zero-order chi connectivity index (χ0) is 43.9. The fourth-order valence-electron chi connectivity index (χ4n) is 5.72. The number of fused-ring (bicyclic) bond motifs is 3. The minimum absolute atomic E-state index is 0.0803. The zero-order valence-electron chi connectivity index (χ0n) is 38.5. The monoisotopic (exact) mass is 640 g/mol. The summed E-state index contributed by atoms with van der Waals surface area (Å²) in [5, 5.41) is 1.41. The van der Waals surface area contributed by atoms with Crippen molar-refractivity contribution in [2.75, 3.05) is 0 Å². The molecule has 0 radical (unpaired) electrons. The number of rotatable bonds is 6. The van der Waals surface area contributed by atoms with E-state index in [1.807, 2.05) is 66.7 Å². The second-order valence-corrected chi connectivity index (χ2v) is 11.0. The molecular formula is C45H29N3O. The molecular weight excluding hydrogens is 599 g/mol. The molecule has 49 heavy (non-hydrogen) atoms. The molecule has 4 nitrogen and oxygen atoms in total. The highest BCUT2D eigenvalue weighted by Crippen LogP contribution is 2.38. The van der Waals surface area contributed by atoms with Gasteiger partial charge < -0.3 is 4.42 Å². The maximum absolute atomic E-state index is 9.67. The Bertz CT molecular complexity index is 3180. The van der Waals surface area contributed by atoms with Crippen molar-refractivity contribution in [3.8, 4) is 67.5 Å². The van der Waals surface area contributed by atoms with Gasteiger partial charge in [0.05, 0.1) is 17.8 Å². The van der Waals surface area contributed by atoms with Crippen LogP contribution in [0.2, 0.25) is 0 Å². The van der Waals surface area contributed by atoms with E-state index in [4.69, 9.17) is 33.1 Å². The summed E-state index contributed by atoms with van der Waals surface area (Å²) < 4.78 is 121. The van der Waals surface area contributed by atoms with Gasteiger partial charge in [0.25, 0.3) is 0 Å². The second kappa shape index (κ2) is 12.2. The summed E-state index contributed by atoms with van der Waals surface area (Å²) in [6, 6.07) is 20.1. The first-order chi connectivity index (χ1) is 29.7. The Hall–Kier alpha value is -6.65. The average Bonchev–Trinajstić information content (AvgIpc) is 3.68. The molecule has 2 aromatic heterocycles. The average molecular weight is 641 g/mol. The summed E-state index contributed by atoms with van der Waals surface area (Å²) in [6.07, 6.45) is 0. The predicted octanol–water partition coefficient (Wildman–Crippen LogP) is 11.8. The van der Waals surface area contributed by atoms with Gasteiger partial charge >= 0.3 is 0 Å². The standard InChI is InChI=1S/C45H29N3O/c1-4-13-30(14-5-1)33-23-25-34(26-24-33)43-46-44(48-45(47-43)39-20-12-22-41-42(39)38-19-10-11-21-40(38)49-41)37-28-35(31-15-6-2-7-16-31)27-36(29-37)32-17-8-3-9-18-32/h1-29H/i2D,3D,6D,7D,8D,9D,15D,16D,17D,18D,27D,28D,29D. The molecule has 7 aromatic carbocycles. The molecule has 0 spiro atoms. The number of para-hydroxylation sites is 1. The van der Waals surface area contributed by atoms with Crippen molar-refractivity contribution in [3.05, 3.63) is 176 Å². The van der Waals surface area contributed by atoms with Gasteiger partial charge in [-0.25, -0.2) is 15.0 Å². The van der Waals surface area contributed by atoms with Gasteiger partial charge in [-0.3, -0.25) is 0 Å². The Morgan fingerprint density at radius 2 is 0.918 bits per heavy atom. The summed E-state index contributed by atoms with van der Waals surface area (Å²) in [7, 11) is 0. The lowest BCUT2D eigenvalue weighted by atomic mass is 9.96. The molecule has 0 atom stereocenters. The van der Waals surface area contributed by atoms with Crippen LogP contribution < -0.4 is 0 Å². The highest BCUT2D eigenvalue weighted by molar-refractivity contribution is 6.11. The molecule has 2 heterocycles. The third-order valence-corrected chi connectivity index (χ3v) is 8.00. The van der Waals surface area contributed by atoms with Crippen molar-refractivity contribution in [1.29, 1.82) is 0 Å². The number of aromatic nitrogens is 3. The molecule has 9 rings (SSSR count). The third kappa shape index (κ3) is 5.45. The Balaban J connectivity index is 1.41. The Kier molecular flexibility index (Phi) is 4.48. The van der Waals surface area contributed by atoms with Gasteiger partial charge in [0.15, 0.2) is 17.5 Å². The minimum Gasteiger partial charge on any atom is -0.456 e. The topological polar surface area (TPSA) is 51.8 Å². The van der Waals surface area contributed by atoms with E-state index in [9.17, 15) is 4.11 Å². The van der Waals surface area contributed by atoms with Crippen molar-refractivity contribution < 1.29 is 22.2 Å². The zero-order valence-corrected chi connectivity index (χ0v) is 25.5. The van der Waals surface area contributed by atoms with Gasteiger partial charge in [0, 0.05) is 27.5 Å². The highest BCUT2D eigenvalue weighted by Gasteiger charge is 2.19. The van der Waals surface area contributed by atoms with Crippen molar-refractivity contribution in [1.82, 2.24) is 15.0 Å². The highest BCUT2D eigenvalue weighted by atomic mass is 16.3. The number of hydrogen-bond acceptors (Lipinski definition) is 4. The molecule has 0 fully saturated rings. The lowest BCUT2D eigenvalue weighted by molar-refractivity contribution is 0.669. The van der Waals surface area contributed by atoms with Crippen LogP contribution in [0.25, 0.3) is 89.5 Å². The molecule has 4 heteroatoms. The van der Waals surface area contributed by atoms with E-state index in [0.29, 0.717) is 27.7 Å². The molecule has 230 valence electrons. The van der Waals surface area contributed by atoms with Crippen LogP contribution >= 0.6 is 0 Å². The van der Waals surface area contributed by atoms with E-state index in [1.54, 1.807) is 30.3 Å². The summed E-state index contributed by atoms with van der Waals surface area (Å²) in [4.78, 5) is 14.6. The Morgan fingerprint density at radius 3 is 1.61 bits per heavy atom. The van der Waals surface area contributed by atoms with Crippen LogP contribution in [0.15, 0.2) is 180 Å². The smallest absolute Gasteiger partial charge is 0.164 e. The van der Waals surface area contributed by atoms with Crippen LogP contribution in [0.1, 0.15) is 17.8 Å². The van der Waals surface area contributed by atoms with E-state index < -0.39 is 106 Å². The molecule has 0 saturated heterocycles. The van der Waals surface area contributed by atoms with Crippen LogP contribution in [-0.4, -0.2) is 15.0 Å². The first kappa shape index (κ1) is 18.0. The van der Waals surface area contributed by atoms with Crippen molar-refractivity contribution in [2.45, 2.75) is 0 Å². The van der Waals surface area contributed by atoms with Crippen molar-refractivity contribution in [3.63, 3.8) is 0 Å². The Labute approximate surface area is 302 Å². The first-order valence-corrected chi connectivity index (χ1v) is 15.3. The van der Waals surface area contributed by atoms with Crippen LogP contribution in [0, 0.1) is 0 Å². The largest absolute Gasteiger partial charge is 0.456 e. The molecule has 0 bridgehead atoms. The molecule has 0 saturated carbocycles. The maximum Gasteiger partial charge on any atom is 0.164 e. The van der Waals surface area contributed by atoms with Crippen LogP contribution in [0.5, 0.6) is 0 Å². The van der Waals surface area contributed by atoms with Gasteiger partial charge in [0.2, 0.25) is 0 Å².